The van der Waals surface area contributed by atoms with Gasteiger partial charge in [0.15, 0.2) is 0 Å². The van der Waals surface area contributed by atoms with Gasteiger partial charge >= 0.3 is 0 Å². The molecule has 0 atom stereocenters. The van der Waals surface area contributed by atoms with Gasteiger partial charge < -0.3 is 10.1 Å². The summed E-state index contributed by atoms with van der Waals surface area (Å²) in [5.74, 6) is 0.632. The number of hydrogen-bond acceptors (Lipinski definition) is 5. The van der Waals surface area contributed by atoms with Crippen molar-refractivity contribution in [2.75, 3.05) is 25.6 Å². The number of nitrogens with one attached hydrogen (secondary N) is 1. The van der Waals surface area contributed by atoms with Crippen molar-refractivity contribution in [2.45, 2.75) is 19.3 Å². The highest BCUT2D eigenvalue weighted by atomic mass is 79.9. The number of unbranched alkanes of at least 4 members (excludes halogenated alkanes) is 2. The lowest BCUT2D eigenvalue weighted by molar-refractivity contribution is -0.385. The fourth-order valence-corrected chi connectivity index (χ4v) is 1.89. The van der Waals surface area contributed by atoms with E-state index in [1.165, 1.54) is 12.3 Å². The molecule has 0 bridgehead atoms. The van der Waals surface area contributed by atoms with Crippen LogP contribution >= 0.6 is 15.9 Å². The summed E-state index contributed by atoms with van der Waals surface area (Å²) in [6.07, 6.45) is 4.37. The summed E-state index contributed by atoms with van der Waals surface area (Å²) in [7, 11) is 1.69. The van der Waals surface area contributed by atoms with Gasteiger partial charge in [0.25, 0.3) is 5.69 Å². The number of halogens is 1. The Kier molecular flexibility index (Phi) is 6.59. The molecule has 6 nitrogen and oxygen atoms in total. The molecule has 0 aliphatic rings. The van der Waals surface area contributed by atoms with Crippen LogP contribution in [0.5, 0.6) is 0 Å². The molecule has 0 aromatic carbocycles. The van der Waals surface area contributed by atoms with Crippen LogP contribution < -0.4 is 5.32 Å². The van der Waals surface area contributed by atoms with Gasteiger partial charge in [0.2, 0.25) is 0 Å². The number of nitrogens with zero attached hydrogens (tertiary/aromatic N) is 2. The van der Waals surface area contributed by atoms with Gasteiger partial charge in [0.1, 0.15) is 12.0 Å². The molecular weight excluding hydrogens is 302 g/mol. The van der Waals surface area contributed by atoms with Crippen molar-refractivity contribution in [1.29, 1.82) is 0 Å². The van der Waals surface area contributed by atoms with Crippen LogP contribution in [-0.4, -0.2) is 30.2 Å². The van der Waals surface area contributed by atoms with E-state index in [-0.39, 0.29) is 5.69 Å². The van der Waals surface area contributed by atoms with E-state index < -0.39 is 4.92 Å². The van der Waals surface area contributed by atoms with Gasteiger partial charge in [-0.1, -0.05) is 0 Å². The quantitative estimate of drug-likeness (QED) is 0.453. The summed E-state index contributed by atoms with van der Waals surface area (Å²) in [4.78, 5) is 14.1. The monoisotopic (exact) mass is 317 g/mol. The number of methoxy groups -OCH3 is 1. The molecule has 0 spiro atoms. The lowest BCUT2D eigenvalue weighted by Gasteiger charge is -2.07. The largest absolute Gasteiger partial charge is 0.385 e. The zero-order valence-electron chi connectivity index (χ0n) is 10.2. The Morgan fingerprint density at radius 1 is 1.50 bits per heavy atom. The maximum absolute atomic E-state index is 10.5. The molecule has 1 aromatic rings. The van der Waals surface area contributed by atoms with Crippen LogP contribution in [0, 0.1) is 10.1 Å². The molecule has 7 heteroatoms. The number of aromatic nitrogens is 1. The Hall–Kier alpha value is -1.21. The van der Waals surface area contributed by atoms with Crippen LogP contribution in [-0.2, 0) is 4.74 Å². The highest BCUT2D eigenvalue weighted by Gasteiger charge is 2.09. The van der Waals surface area contributed by atoms with Crippen LogP contribution in [0.3, 0.4) is 0 Å². The third-order valence-electron chi connectivity index (χ3n) is 2.36. The molecule has 0 saturated heterocycles. The van der Waals surface area contributed by atoms with Crippen molar-refractivity contribution in [1.82, 2.24) is 4.98 Å². The molecule has 0 saturated carbocycles. The molecule has 1 N–H and O–H groups in total. The van der Waals surface area contributed by atoms with Crippen LogP contribution in [0.1, 0.15) is 19.3 Å². The molecule has 1 heterocycles. The minimum Gasteiger partial charge on any atom is -0.385 e. The molecule has 0 unspecified atom stereocenters. The number of nitro groups is 1. The molecule has 1 aromatic heterocycles. The predicted octanol–water partition coefficient (Wildman–Crippen LogP) is 2.98. The summed E-state index contributed by atoms with van der Waals surface area (Å²) < 4.78 is 5.56. The maximum Gasteiger partial charge on any atom is 0.288 e. The second-order valence-corrected chi connectivity index (χ2v) is 4.62. The first-order valence-corrected chi connectivity index (χ1v) is 6.47. The van der Waals surface area contributed by atoms with E-state index in [0.29, 0.717) is 10.3 Å². The zero-order chi connectivity index (χ0) is 13.4. The van der Waals surface area contributed by atoms with Gasteiger partial charge in [-0.15, -0.1) is 0 Å². The van der Waals surface area contributed by atoms with E-state index in [0.717, 1.165) is 32.4 Å². The van der Waals surface area contributed by atoms with Crippen LogP contribution in [0.15, 0.2) is 16.7 Å². The molecule has 0 radical (unpaired) electrons. The third kappa shape index (κ3) is 4.97. The first-order chi connectivity index (χ1) is 8.65. The van der Waals surface area contributed by atoms with Gasteiger partial charge in [-0.2, -0.15) is 0 Å². The smallest absolute Gasteiger partial charge is 0.288 e. The predicted molar refractivity (Wildman–Crippen MR) is 72.8 cm³/mol. The Morgan fingerprint density at radius 3 is 2.89 bits per heavy atom. The molecule has 18 heavy (non-hydrogen) atoms. The van der Waals surface area contributed by atoms with Crippen molar-refractivity contribution in [3.05, 3.63) is 26.9 Å². The van der Waals surface area contributed by atoms with Crippen molar-refractivity contribution < 1.29 is 9.66 Å². The standard InChI is InChI=1S/C11H16BrN3O3/c1-18-6-4-2-3-5-13-11-10(12)7-9(8-14-11)15(16)17/h7-8H,2-6H2,1H3,(H,13,14). The van der Waals surface area contributed by atoms with Crippen molar-refractivity contribution in [3.63, 3.8) is 0 Å². The number of ether oxygens (including phenoxy) is 1. The Morgan fingerprint density at radius 2 is 2.28 bits per heavy atom. The molecule has 1 rings (SSSR count). The highest BCUT2D eigenvalue weighted by Crippen LogP contribution is 2.24. The van der Waals surface area contributed by atoms with Crippen LogP contribution in [0.2, 0.25) is 0 Å². The normalized spacial score (nSPS) is 10.3. The lowest BCUT2D eigenvalue weighted by Crippen LogP contribution is -2.05. The minimum atomic E-state index is -0.466. The average molecular weight is 318 g/mol. The maximum atomic E-state index is 10.5. The molecular formula is C11H16BrN3O3. The Bertz CT molecular complexity index is 401. The molecule has 100 valence electrons. The Labute approximate surface area is 114 Å². The summed E-state index contributed by atoms with van der Waals surface area (Å²) in [5.41, 5.74) is -0.0208. The SMILES string of the molecule is COCCCCCNc1ncc([N+](=O)[O-])cc1Br. The van der Waals surface area contributed by atoms with E-state index >= 15 is 0 Å². The van der Waals surface area contributed by atoms with E-state index in [4.69, 9.17) is 4.74 Å². The van der Waals surface area contributed by atoms with E-state index in [2.05, 4.69) is 26.2 Å². The number of anilines is 1. The van der Waals surface area contributed by atoms with Crippen LogP contribution in [0.25, 0.3) is 0 Å². The molecule has 0 amide bonds. The van der Waals surface area contributed by atoms with E-state index in [1.807, 2.05) is 0 Å². The summed E-state index contributed by atoms with van der Waals surface area (Å²) in [6.45, 7) is 1.56. The summed E-state index contributed by atoms with van der Waals surface area (Å²) in [6, 6.07) is 1.44. The summed E-state index contributed by atoms with van der Waals surface area (Å²) >= 11 is 3.26. The van der Waals surface area contributed by atoms with Crippen molar-refractivity contribution in [3.8, 4) is 0 Å². The van der Waals surface area contributed by atoms with Crippen molar-refractivity contribution >= 4 is 27.4 Å². The zero-order valence-corrected chi connectivity index (χ0v) is 11.8. The second kappa shape index (κ2) is 7.99. The topological polar surface area (TPSA) is 77.3 Å². The number of pyridine rings is 1. The van der Waals surface area contributed by atoms with E-state index in [9.17, 15) is 10.1 Å². The third-order valence-corrected chi connectivity index (χ3v) is 2.96. The van der Waals surface area contributed by atoms with Gasteiger partial charge in [-0.05, 0) is 35.2 Å². The van der Waals surface area contributed by atoms with Crippen molar-refractivity contribution in [2.24, 2.45) is 0 Å². The average Bonchev–Trinajstić information content (AvgIpc) is 2.35. The fourth-order valence-electron chi connectivity index (χ4n) is 1.41. The number of rotatable bonds is 8. The van der Waals surface area contributed by atoms with Gasteiger partial charge in [0.05, 0.1) is 9.40 Å². The van der Waals surface area contributed by atoms with Crippen LogP contribution in [0.4, 0.5) is 11.5 Å². The second-order valence-electron chi connectivity index (χ2n) is 3.76. The minimum absolute atomic E-state index is 0.0208. The molecule has 0 aliphatic heterocycles. The number of hydrogen-bond donors (Lipinski definition) is 1. The van der Waals surface area contributed by atoms with Gasteiger partial charge in [-0.3, -0.25) is 10.1 Å². The fraction of sp³-hybridized carbons (Fsp3) is 0.545. The highest BCUT2D eigenvalue weighted by molar-refractivity contribution is 9.10. The Balaban J connectivity index is 2.36. The lowest BCUT2D eigenvalue weighted by atomic mass is 10.2. The first kappa shape index (κ1) is 14.8. The van der Waals surface area contributed by atoms with Gasteiger partial charge in [0, 0.05) is 26.3 Å². The first-order valence-electron chi connectivity index (χ1n) is 5.68. The van der Waals surface area contributed by atoms with E-state index in [1.54, 1.807) is 7.11 Å². The molecule has 0 fully saturated rings. The summed E-state index contributed by atoms with van der Waals surface area (Å²) in [5, 5.41) is 13.7. The molecule has 0 aliphatic carbocycles. The van der Waals surface area contributed by atoms with Gasteiger partial charge in [-0.25, -0.2) is 4.98 Å².